The van der Waals surface area contributed by atoms with Crippen LogP contribution in [0.1, 0.15) is 11.1 Å². The number of carbonyl (C=O) groups excluding carboxylic acids is 1. The van der Waals surface area contributed by atoms with Crippen LogP contribution >= 0.6 is 11.6 Å². The molecule has 168 valence electrons. The molecular formula is C24H25ClN2O4S. The van der Waals surface area contributed by atoms with E-state index in [0.717, 1.165) is 15.4 Å². The molecule has 0 bridgehead atoms. The van der Waals surface area contributed by atoms with Gasteiger partial charge >= 0.3 is 0 Å². The van der Waals surface area contributed by atoms with Crippen LogP contribution in [0.15, 0.2) is 77.7 Å². The van der Waals surface area contributed by atoms with Crippen molar-refractivity contribution in [3.05, 3.63) is 88.9 Å². The molecule has 32 heavy (non-hydrogen) atoms. The van der Waals surface area contributed by atoms with Gasteiger partial charge in [0.25, 0.3) is 10.0 Å². The standard InChI is InChI=1S/C24H25ClN2O4S/c1-18-8-9-19(2)23(16-18)27(32(29,30)22-6-4-3-5-7-22)17-24(28)26-14-15-31-21-12-10-20(25)11-13-21/h3-13,16H,14-15,17H2,1-2H3,(H,26,28). The van der Waals surface area contributed by atoms with E-state index in [2.05, 4.69) is 5.32 Å². The monoisotopic (exact) mass is 472 g/mol. The average Bonchev–Trinajstić information content (AvgIpc) is 2.78. The molecule has 6 nitrogen and oxygen atoms in total. The quantitative estimate of drug-likeness (QED) is 0.470. The van der Waals surface area contributed by atoms with Crippen molar-refractivity contribution in [2.45, 2.75) is 18.7 Å². The highest BCUT2D eigenvalue weighted by Gasteiger charge is 2.28. The first-order valence-corrected chi connectivity index (χ1v) is 11.9. The summed E-state index contributed by atoms with van der Waals surface area (Å²) in [7, 11) is -3.94. The molecule has 3 aromatic carbocycles. The third-order valence-electron chi connectivity index (χ3n) is 4.76. The number of ether oxygens (including phenoxy) is 1. The summed E-state index contributed by atoms with van der Waals surface area (Å²) in [6.07, 6.45) is 0. The van der Waals surface area contributed by atoms with Gasteiger partial charge in [-0.2, -0.15) is 0 Å². The van der Waals surface area contributed by atoms with Crippen molar-refractivity contribution in [2.75, 3.05) is 24.0 Å². The van der Waals surface area contributed by atoms with Crippen molar-refractivity contribution in [3.63, 3.8) is 0 Å². The zero-order valence-corrected chi connectivity index (χ0v) is 19.5. The lowest BCUT2D eigenvalue weighted by molar-refractivity contribution is -0.119. The molecule has 1 amide bonds. The smallest absolute Gasteiger partial charge is 0.264 e. The summed E-state index contributed by atoms with van der Waals surface area (Å²) in [5, 5.41) is 3.33. The predicted octanol–water partition coefficient (Wildman–Crippen LogP) is 4.35. The second-order valence-electron chi connectivity index (χ2n) is 7.27. The summed E-state index contributed by atoms with van der Waals surface area (Å²) in [5.41, 5.74) is 2.13. The first-order valence-electron chi connectivity index (χ1n) is 10.1. The Morgan fingerprint density at radius 2 is 1.69 bits per heavy atom. The largest absolute Gasteiger partial charge is 0.492 e. The summed E-state index contributed by atoms with van der Waals surface area (Å²) in [4.78, 5) is 12.8. The van der Waals surface area contributed by atoms with E-state index in [1.54, 1.807) is 48.5 Å². The van der Waals surface area contributed by atoms with Crippen LogP contribution < -0.4 is 14.4 Å². The normalized spacial score (nSPS) is 11.1. The number of benzene rings is 3. The predicted molar refractivity (Wildman–Crippen MR) is 127 cm³/mol. The minimum absolute atomic E-state index is 0.125. The lowest BCUT2D eigenvalue weighted by atomic mass is 10.1. The van der Waals surface area contributed by atoms with Gasteiger partial charge in [-0.15, -0.1) is 0 Å². The number of halogens is 1. The number of carbonyl (C=O) groups is 1. The molecule has 0 fully saturated rings. The molecule has 3 rings (SSSR count). The molecule has 0 unspecified atom stereocenters. The molecule has 0 aliphatic carbocycles. The van der Waals surface area contributed by atoms with Crippen molar-refractivity contribution in [1.29, 1.82) is 0 Å². The number of hydrogen-bond acceptors (Lipinski definition) is 4. The van der Waals surface area contributed by atoms with Gasteiger partial charge < -0.3 is 10.1 Å². The van der Waals surface area contributed by atoms with Gasteiger partial charge in [0.2, 0.25) is 5.91 Å². The van der Waals surface area contributed by atoms with Crippen molar-refractivity contribution >= 4 is 33.2 Å². The lowest BCUT2D eigenvalue weighted by Crippen LogP contribution is -2.42. The Kier molecular flexibility index (Phi) is 7.77. The van der Waals surface area contributed by atoms with Crippen molar-refractivity contribution < 1.29 is 17.9 Å². The van der Waals surface area contributed by atoms with E-state index in [9.17, 15) is 13.2 Å². The highest BCUT2D eigenvalue weighted by molar-refractivity contribution is 7.92. The van der Waals surface area contributed by atoms with Crippen LogP contribution in [0.5, 0.6) is 5.75 Å². The van der Waals surface area contributed by atoms with Crippen molar-refractivity contribution in [2.24, 2.45) is 0 Å². The Labute approximate surface area is 193 Å². The van der Waals surface area contributed by atoms with Gasteiger partial charge in [0.1, 0.15) is 18.9 Å². The first-order chi connectivity index (χ1) is 15.3. The number of amides is 1. The maximum absolute atomic E-state index is 13.4. The SMILES string of the molecule is Cc1ccc(C)c(N(CC(=O)NCCOc2ccc(Cl)cc2)S(=O)(=O)c2ccccc2)c1. The van der Waals surface area contributed by atoms with Gasteiger partial charge in [0.05, 0.1) is 17.1 Å². The third kappa shape index (κ3) is 6.02. The van der Waals surface area contributed by atoms with Gasteiger partial charge in [-0.3, -0.25) is 9.10 Å². The molecule has 0 aromatic heterocycles. The Hall–Kier alpha value is -3.03. The topological polar surface area (TPSA) is 75.7 Å². The Morgan fingerprint density at radius 1 is 1.00 bits per heavy atom. The minimum atomic E-state index is -3.94. The Bertz CT molecular complexity index is 1170. The molecule has 3 aromatic rings. The molecule has 1 N–H and O–H groups in total. The van der Waals surface area contributed by atoms with Crippen LogP contribution in [0.25, 0.3) is 0 Å². The number of rotatable bonds is 9. The minimum Gasteiger partial charge on any atom is -0.492 e. The van der Waals surface area contributed by atoms with Crippen molar-refractivity contribution in [3.8, 4) is 5.75 Å². The zero-order chi connectivity index (χ0) is 23.1. The number of hydrogen-bond donors (Lipinski definition) is 1. The third-order valence-corrected chi connectivity index (χ3v) is 6.78. The Morgan fingerprint density at radius 3 is 2.38 bits per heavy atom. The molecule has 8 heteroatoms. The fraction of sp³-hybridized carbons (Fsp3) is 0.208. The number of aryl methyl sites for hydroxylation is 2. The molecule has 0 aliphatic heterocycles. The maximum atomic E-state index is 13.4. The van der Waals surface area contributed by atoms with Gasteiger partial charge in [-0.25, -0.2) is 8.42 Å². The second-order valence-corrected chi connectivity index (χ2v) is 9.57. The highest BCUT2D eigenvalue weighted by atomic mass is 35.5. The van der Waals surface area contributed by atoms with Gasteiger partial charge in [0, 0.05) is 5.02 Å². The summed E-state index contributed by atoms with van der Waals surface area (Å²) in [6, 6.07) is 20.5. The van der Waals surface area contributed by atoms with E-state index < -0.39 is 15.9 Å². The van der Waals surface area contributed by atoms with Crippen LogP contribution in [0.3, 0.4) is 0 Å². The van der Waals surface area contributed by atoms with Crippen LogP contribution in [0.2, 0.25) is 5.02 Å². The van der Waals surface area contributed by atoms with Crippen LogP contribution in [0.4, 0.5) is 5.69 Å². The summed E-state index contributed by atoms with van der Waals surface area (Å²) < 4.78 is 33.5. The van der Waals surface area contributed by atoms with E-state index in [-0.39, 0.29) is 24.6 Å². The van der Waals surface area contributed by atoms with E-state index in [4.69, 9.17) is 16.3 Å². The molecule has 0 atom stereocenters. The molecule has 0 saturated carbocycles. The molecule has 0 heterocycles. The van der Waals surface area contributed by atoms with Gasteiger partial charge in [-0.1, -0.05) is 41.9 Å². The summed E-state index contributed by atoms with van der Waals surface area (Å²) in [5.74, 6) is 0.206. The van der Waals surface area contributed by atoms with E-state index >= 15 is 0 Å². The fourth-order valence-electron chi connectivity index (χ4n) is 3.08. The van der Waals surface area contributed by atoms with Gasteiger partial charge in [0.15, 0.2) is 0 Å². The van der Waals surface area contributed by atoms with Crippen LogP contribution in [0, 0.1) is 13.8 Å². The average molecular weight is 473 g/mol. The molecule has 0 saturated heterocycles. The number of nitrogens with zero attached hydrogens (tertiary/aromatic N) is 1. The summed E-state index contributed by atoms with van der Waals surface area (Å²) >= 11 is 5.85. The second kappa shape index (κ2) is 10.5. The number of sulfonamides is 1. The molecule has 0 spiro atoms. The highest BCUT2D eigenvalue weighted by Crippen LogP contribution is 2.27. The van der Waals surface area contributed by atoms with Crippen molar-refractivity contribution in [1.82, 2.24) is 5.32 Å². The number of nitrogens with one attached hydrogen (secondary N) is 1. The van der Waals surface area contributed by atoms with Crippen LogP contribution in [-0.4, -0.2) is 34.0 Å². The maximum Gasteiger partial charge on any atom is 0.264 e. The lowest BCUT2D eigenvalue weighted by Gasteiger charge is -2.26. The summed E-state index contributed by atoms with van der Waals surface area (Å²) in [6.45, 7) is 3.82. The van der Waals surface area contributed by atoms with E-state index in [1.165, 1.54) is 12.1 Å². The van der Waals surface area contributed by atoms with E-state index in [0.29, 0.717) is 16.5 Å². The number of anilines is 1. The molecule has 0 radical (unpaired) electrons. The fourth-order valence-corrected chi connectivity index (χ4v) is 4.71. The van der Waals surface area contributed by atoms with E-state index in [1.807, 2.05) is 26.0 Å². The molecular weight excluding hydrogens is 448 g/mol. The van der Waals surface area contributed by atoms with Gasteiger partial charge in [-0.05, 0) is 67.4 Å². The Balaban J connectivity index is 1.73. The first kappa shape index (κ1) is 23.6. The van der Waals surface area contributed by atoms with Crippen LogP contribution in [-0.2, 0) is 14.8 Å². The molecule has 0 aliphatic rings. The zero-order valence-electron chi connectivity index (χ0n) is 17.9.